The zero-order chi connectivity index (χ0) is 21.2. The van der Waals surface area contributed by atoms with Crippen LogP contribution in [-0.2, 0) is 9.53 Å². The highest BCUT2D eigenvalue weighted by Gasteiger charge is 2.22. The first-order chi connectivity index (χ1) is 13.7. The van der Waals surface area contributed by atoms with E-state index in [-0.39, 0.29) is 17.5 Å². The number of anilines is 1. The van der Waals surface area contributed by atoms with Crippen molar-refractivity contribution in [3.63, 3.8) is 0 Å². The first kappa shape index (κ1) is 20.3. The number of esters is 1. The molecule has 150 valence electrons. The summed E-state index contributed by atoms with van der Waals surface area (Å²) in [5.41, 5.74) is 1.73. The molecular weight excluding hydrogens is 370 g/mol. The molecule has 0 saturated carbocycles. The van der Waals surface area contributed by atoms with E-state index in [1.807, 2.05) is 39.0 Å². The molecule has 0 spiro atoms. The van der Waals surface area contributed by atoms with Crippen molar-refractivity contribution in [1.29, 1.82) is 0 Å². The van der Waals surface area contributed by atoms with Gasteiger partial charge in [0.2, 0.25) is 11.7 Å². The normalized spacial score (nSPS) is 11.3. The molecule has 0 fully saturated rings. The van der Waals surface area contributed by atoms with E-state index in [2.05, 4.69) is 5.32 Å². The number of rotatable bonds is 5. The average molecular weight is 393 g/mol. The monoisotopic (exact) mass is 393 g/mol. The van der Waals surface area contributed by atoms with E-state index in [1.165, 1.54) is 0 Å². The molecule has 2 aromatic carbocycles. The summed E-state index contributed by atoms with van der Waals surface area (Å²) < 4.78 is 10.7. The number of ether oxygens (including phenoxy) is 1. The summed E-state index contributed by atoms with van der Waals surface area (Å²) in [5, 5.41) is 3.62. The molecular formula is C23H23NO5. The fourth-order valence-electron chi connectivity index (χ4n) is 2.71. The van der Waals surface area contributed by atoms with Crippen molar-refractivity contribution in [2.45, 2.75) is 27.7 Å². The van der Waals surface area contributed by atoms with Crippen LogP contribution in [0.2, 0.25) is 0 Å². The molecule has 6 heteroatoms. The van der Waals surface area contributed by atoms with Crippen LogP contribution in [0.3, 0.4) is 0 Å². The number of benzene rings is 2. The van der Waals surface area contributed by atoms with Gasteiger partial charge in [0.05, 0.1) is 0 Å². The molecule has 0 saturated heterocycles. The molecule has 0 aliphatic heterocycles. The molecule has 3 rings (SSSR count). The molecule has 1 amide bonds. The van der Waals surface area contributed by atoms with Crippen LogP contribution < -0.4 is 5.32 Å². The summed E-state index contributed by atoms with van der Waals surface area (Å²) in [7, 11) is 0. The number of hydrogen-bond donors (Lipinski definition) is 1. The van der Waals surface area contributed by atoms with Crippen LogP contribution in [0.15, 0.2) is 52.9 Å². The van der Waals surface area contributed by atoms with E-state index >= 15 is 0 Å². The van der Waals surface area contributed by atoms with Crippen LogP contribution in [0.5, 0.6) is 0 Å². The minimum absolute atomic E-state index is 0.0965. The lowest BCUT2D eigenvalue weighted by atomic mass is 9.95. The predicted molar refractivity (Wildman–Crippen MR) is 110 cm³/mol. The molecule has 29 heavy (non-hydrogen) atoms. The lowest BCUT2D eigenvalue weighted by molar-refractivity contribution is -0.123. The first-order valence-electron chi connectivity index (χ1n) is 9.27. The van der Waals surface area contributed by atoms with Gasteiger partial charge in [-0.25, -0.2) is 4.79 Å². The van der Waals surface area contributed by atoms with Crippen LogP contribution >= 0.6 is 0 Å². The number of Topliss-reactive ketones (excluding diaryl/α,β-unsaturated/α-hetero) is 1. The third-order valence-corrected chi connectivity index (χ3v) is 4.51. The summed E-state index contributed by atoms with van der Waals surface area (Å²) >= 11 is 0. The number of hydrogen-bond acceptors (Lipinski definition) is 5. The number of carbonyl (C=O) groups excluding carboxylic acids is 3. The van der Waals surface area contributed by atoms with Crippen molar-refractivity contribution in [3.8, 4) is 0 Å². The van der Waals surface area contributed by atoms with Gasteiger partial charge in [0.15, 0.2) is 12.4 Å². The van der Waals surface area contributed by atoms with Gasteiger partial charge in [0.25, 0.3) is 0 Å². The molecule has 0 atom stereocenters. The van der Waals surface area contributed by atoms with Crippen LogP contribution in [0.4, 0.5) is 5.69 Å². The highest BCUT2D eigenvalue weighted by atomic mass is 16.5. The second kappa shape index (κ2) is 7.91. The largest absolute Gasteiger partial charge is 0.451 e. The molecule has 0 radical (unpaired) electrons. The van der Waals surface area contributed by atoms with Gasteiger partial charge in [-0.1, -0.05) is 39.0 Å². The van der Waals surface area contributed by atoms with Crippen molar-refractivity contribution in [3.05, 3.63) is 65.4 Å². The highest BCUT2D eigenvalue weighted by molar-refractivity contribution is 6.01. The number of furan rings is 1. The van der Waals surface area contributed by atoms with Crippen LogP contribution in [-0.4, -0.2) is 24.3 Å². The molecule has 3 aromatic rings. The molecule has 0 bridgehead atoms. The van der Waals surface area contributed by atoms with Crippen molar-refractivity contribution in [1.82, 2.24) is 0 Å². The number of ketones is 1. The predicted octanol–water partition coefficient (Wildman–Crippen LogP) is 4.77. The second-order valence-electron chi connectivity index (χ2n) is 7.83. The molecule has 6 nitrogen and oxygen atoms in total. The topological polar surface area (TPSA) is 85.6 Å². The number of nitrogens with one attached hydrogen (secondary N) is 1. The van der Waals surface area contributed by atoms with E-state index in [0.29, 0.717) is 22.4 Å². The van der Waals surface area contributed by atoms with Gasteiger partial charge in [-0.2, -0.15) is 0 Å². The smallest absolute Gasteiger partial charge is 0.375 e. The Morgan fingerprint density at radius 1 is 1.00 bits per heavy atom. The Kier molecular flexibility index (Phi) is 5.55. The van der Waals surface area contributed by atoms with E-state index in [0.717, 1.165) is 5.39 Å². The number of fused-ring (bicyclic) bond motifs is 1. The fraction of sp³-hybridized carbons (Fsp3) is 0.261. The molecule has 0 aliphatic rings. The van der Waals surface area contributed by atoms with Crippen molar-refractivity contribution in [2.75, 3.05) is 11.9 Å². The summed E-state index contributed by atoms with van der Waals surface area (Å²) in [6, 6.07) is 13.8. The van der Waals surface area contributed by atoms with Crippen molar-refractivity contribution < 1.29 is 23.5 Å². The molecule has 1 heterocycles. The minimum Gasteiger partial charge on any atom is -0.451 e. The lowest BCUT2D eigenvalue weighted by Crippen LogP contribution is -2.27. The fourth-order valence-corrected chi connectivity index (χ4v) is 2.71. The number of para-hydroxylation sites is 1. The third kappa shape index (κ3) is 4.54. The van der Waals surface area contributed by atoms with E-state index < -0.39 is 18.0 Å². The van der Waals surface area contributed by atoms with Gasteiger partial charge in [0, 0.05) is 27.6 Å². The highest BCUT2D eigenvalue weighted by Crippen LogP contribution is 2.25. The lowest BCUT2D eigenvalue weighted by Gasteiger charge is -2.17. The Morgan fingerprint density at radius 3 is 2.28 bits per heavy atom. The Balaban J connectivity index is 1.62. The number of aryl methyl sites for hydroxylation is 1. The van der Waals surface area contributed by atoms with E-state index in [1.54, 1.807) is 37.3 Å². The minimum atomic E-state index is -0.680. The van der Waals surface area contributed by atoms with Gasteiger partial charge in [-0.05, 0) is 37.3 Å². The van der Waals surface area contributed by atoms with Gasteiger partial charge in [0.1, 0.15) is 5.58 Å². The molecule has 0 unspecified atom stereocenters. The SMILES string of the molecule is Cc1c(C(=O)OCC(=O)c2ccc(NC(=O)C(C)(C)C)cc2)oc2ccccc12. The maximum Gasteiger partial charge on any atom is 0.375 e. The van der Waals surface area contributed by atoms with Gasteiger partial charge < -0.3 is 14.5 Å². The standard InChI is InChI=1S/C23H23NO5/c1-14-17-7-5-6-8-19(17)29-20(14)21(26)28-13-18(25)15-9-11-16(12-10-15)24-22(27)23(2,3)4/h5-12H,13H2,1-4H3,(H,24,27). The van der Waals surface area contributed by atoms with Gasteiger partial charge in [-0.3, -0.25) is 9.59 Å². The molecule has 1 aromatic heterocycles. The van der Waals surface area contributed by atoms with Crippen LogP contribution in [0.25, 0.3) is 11.0 Å². The number of carbonyl (C=O) groups is 3. The Hall–Kier alpha value is -3.41. The summed E-state index contributed by atoms with van der Waals surface area (Å²) in [6.07, 6.45) is 0. The summed E-state index contributed by atoms with van der Waals surface area (Å²) in [6.45, 7) is 6.83. The Morgan fingerprint density at radius 2 is 1.66 bits per heavy atom. The number of amides is 1. The third-order valence-electron chi connectivity index (χ3n) is 4.51. The maximum absolute atomic E-state index is 12.3. The average Bonchev–Trinajstić information content (AvgIpc) is 3.03. The van der Waals surface area contributed by atoms with E-state index in [4.69, 9.17) is 9.15 Å². The Bertz CT molecular complexity index is 1070. The maximum atomic E-state index is 12.3. The van der Waals surface area contributed by atoms with Crippen LogP contribution in [0, 0.1) is 12.3 Å². The summed E-state index contributed by atoms with van der Waals surface area (Å²) in [4.78, 5) is 36.7. The van der Waals surface area contributed by atoms with Gasteiger partial charge in [-0.15, -0.1) is 0 Å². The quantitative estimate of drug-likeness (QED) is 0.499. The Labute approximate surface area is 168 Å². The molecule has 0 aliphatic carbocycles. The van der Waals surface area contributed by atoms with Crippen molar-refractivity contribution >= 4 is 34.3 Å². The second-order valence-corrected chi connectivity index (χ2v) is 7.83. The zero-order valence-electron chi connectivity index (χ0n) is 16.9. The first-order valence-corrected chi connectivity index (χ1v) is 9.27. The van der Waals surface area contributed by atoms with Gasteiger partial charge >= 0.3 is 5.97 Å². The summed E-state index contributed by atoms with van der Waals surface area (Å²) in [5.74, 6) is -1.05. The van der Waals surface area contributed by atoms with Crippen molar-refractivity contribution in [2.24, 2.45) is 5.41 Å². The zero-order valence-corrected chi connectivity index (χ0v) is 16.9. The molecule has 1 N–H and O–H groups in total. The van der Waals surface area contributed by atoms with Crippen LogP contribution in [0.1, 0.15) is 47.2 Å². The van der Waals surface area contributed by atoms with E-state index in [9.17, 15) is 14.4 Å².